The number of aliphatic carboxylic acids is 1. The second-order valence-electron chi connectivity index (χ2n) is 8.42. The van der Waals surface area contributed by atoms with Gasteiger partial charge < -0.3 is 24.3 Å². The van der Waals surface area contributed by atoms with E-state index in [2.05, 4.69) is 5.32 Å². The first-order valence-electron chi connectivity index (χ1n) is 11.6. The average Bonchev–Trinajstić information content (AvgIpc) is 3.57. The van der Waals surface area contributed by atoms with Crippen molar-refractivity contribution in [2.24, 2.45) is 0 Å². The van der Waals surface area contributed by atoms with E-state index in [4.69, 9.17) is 40.6 Å². The number of benzene rings is 2. The normalized spacial score (nSPS) is 11.1. The number of methoxy groups -OCH3 is 2. The number of hydrogen-bond donors (Lipinski definition) is 2. The van der Waals surface area contributed by atoms with E-state index in [9.17, 15) is 9.59 Å². The molecule has 194 valence electrons. The van der Waals surface area contributed by atoms with Crippen LogP contribution in [0.2, 0.25) is 5.02 Å². The molecule has 5 aromatic rings. The lowest BCUT2D eigenvalue weighted by molar-refractivity contribution is -0.136. The van der Waals surface area contributed by atoms with E-state index >= 15 is 0 Å². The molecule has 0 amide bonds. The van der Waals surface area contributed by atoms with Crippen molar-refractivity contribution in [1.82, 2.24) is 14.5 Å². The van der Waals surface area contributed by atoms with Gasteiger partial charge in [-0.25, -0.2) is 4.98 Å². The van der Waals surface area contributed by atoms with Crippen LogP contribution >= 0.6 is 11.6 Å². The number of hydrogen-bond acceptors (Lipinski definition) is 8. The van der Waals surface area contributed by atoms with Crippen LogP contribution in [-0.4, -0.2) is 45.6 Å². The van der Waals surface area contributed by atoms with Gasteiger partial charge >= 0.3 is 5.97 Å². The van der Waals surface area contributed by atoms with Gasteiger partial charge in [0.1, 0.15) is 11.6 Å². The molecule has 0 saturated carbocycles. The monoisotopic (exact) mass is 534 g/mol. The first-order valence-corrected chi connectivity index (χ1v) is 12.0. The van der Waals surface area contributed by atoms with Crippen LogP contribution in [0.4, 0.5) is 5.82 Å². The summed E-state index contributed by atoms with van der Waals surface area (Å²) < 4.78 is 18.1. The number of Topliss-reactive ketones (excluding diaryl/α,β-unsaturated/α-hetero) is 1. The summed E-state index contributed by atoms with van der Waals surface area (Å²) in [4.78, 5) is 33.6. The minimum Gasteiger partial charge on any atom is -0.493 e. The van der Waals surface area contributed by atoms with Gasteiger partial charge in [-0.2, -0.15) is 4.98 Å². The van der Waals surface area contributed by atoms with Gasteiger partial charge in [0.2, 0.25) is 5.95 Å². The Bertz CT molecular complexity index is 1660. The number of ether oxygens (including phenoxy) is 2. The molecule has 0 saturated heterocycles. The second-order valence-corrected chi connectivity index (χ2v) is 8.86. The number of ketones is 1. The lowest BCUT2D eigenvalue weighted by Gasteiger charge is -2.14. The minimum atomic E-state index is -1.05. The number of fused-ring (bicyclic) bond motifs is 2. The van der Waals surface area contributed by atoms with Crippen LogP contribution in [-0.2, 0) is 11.3 Å². The van der Waals surface area contributed by atoms with Gasteiger partial charge in [-0.05, 0) is 36.4 Å². The van der Waals surface area contributed by atoms with Crippen LogP contribution in [0, 0.1) is 0 Å². The van der Waals surface area contributed by atoms with Gasteiger partial charge in [0.05, 0.1) is 44.5 Å². The third-order valence-corrected chi connectivity index (χ3v) is 6.28. The molecule has 38 heavy (non-hydrogen) atoms. The molecule has 0 fully saturated rings. The summed E-state index contributed by atoms with van der Waals surface area (Å²) in [7, 11) is 3.09. The van der Waals surface area contributed by atoms with E-state index < -0.39 is 5.97 Å². The fourth-order valence-corrected chi connectivity index (χ4v) is 4.39. The Labute approximate surface area is 221 Å². The van der Waals surface area contributed by atoms with E-state index in [0.29, 0.717) is 62.0 Å². The van der Waals surface area contributed by atoms with Crippen LogP contribution in [0.3, 0.4) is 0 Å². The number of furan rings is 1. The quantitative estimate of drug-likeness (QED) is 0.223. The number of aromatic nitrogens is 3. The fourth-order valence-electron chi connectivity index (χ4n) is 4.21. The van der Waals surface area contributed by atoms with Crippen LogP contribution < -0.4 is 14.8 Å². The minimum absolute atomic E-state index is 0.146. The number of halogens is 1. The number of nitrogens with zero attached hydrogens (tertiary/aromatic N) is 3. The van der Waals surface area contributed by atoms with Crippen molar-refractivity contribution in [3.8, 4) is 17.4 Å². The molecule has 0 aliphatic rings. The molecule has 0 aliphatic heterocycles. The Morgan fingerprint density at radius 2 is 1.84 bits per heavy atom. The molecule has 3 heterocycles. The maximum absolute atomic E-state index is 13.0. The summed E-state index contributed by atoms with van der Waals surface area (Å²) in [5.41, 5.74) is 1.55. The van der Waals surface area contributed by atoms with Crippen molar-refractivity contribution in [1.29, 1.82) is 0 Å². The number of rotatable bonds is 10. The van der Waals surface area contributed by atoms with Crippen LogP contribution in [0.15, 0.2) is 59.3 Å². The predicted molar refractivity (Wildman–Crippen MR) is 142 cm³/mol. The number of carbonyl (C=O) groups excluding carboxylic acids is 1. The van der Waals surface area contributed by atoms with Crippen molar-refractivity contribution in [2.45, 2.75) is 19.4 Å². The van der Waals surface area contributed by atoms with E-state index in [1.54, 1.807) is 67.6 Å². The summed E-state index contributed by atoms with van der Waals surface area (Å²) in [5.74, 6) is 1.16. The molecule has 0 spiro atoms. The van der Waals surface area contributed by atoms with Gasteiger partial charge in [0.25, 0.3) is 0 Å². The average molecular weight is 535 g/mol. The van der Waals surface area contributed by atoms with Gasteiger partial charge in [0, 0.05) is 40.0 Å². The third kappa shape index (κ3) is 4.85. The van der Waals surface area contributed by atoms with Gasteiger partial charge in [-0.15, -0.1) is 0 Å². The van der Waals surface area contributed by atoms with Crippen LogP contribution in [0.1, 0.15) is 29.0 Å². The highest BCUT2D eigenvalue weighted by Crippen LogP contribution is 2.35. The first kappa shape index (κ1) is 25.1. The summed E-state index contributed by atoms with van der Waals surface area (Å²) in [6.45, 7) is 0.369. The second kappa shape index (κ2) is 10.4. The third-order valence-electron chi connectivity index (χ3n) is 6.05. The van der Waals surface area contributed by atoms with Crippen molar-refractivity contribution in [3.05, 3.63) is 71.3 Å². The number of anilines is 1. The zero-order valence-electron chi connectivity index (χ0n) is 20.5. The van der Waals surface area contributed by atoms with Crippen LogP contribution in [0.5, 0.6) is 11.5 Å². The molecule has 10 nitrogen and oxygen atoms in total. The number of carboxylic acid groups (broad SMARTS) is 1. The molecule has 3 aromatic heterocycles. The molecular formula is C27H23ClN4O6. The predicted octanol–water partition coefficient (Wildman–Crippen LogP) is 5.50. The summed E-state index contributed by atoms with van der Waals surface area (Å²) in [5, 5.41) is 14.1. The molecule has 0 aliphatic carbocycles. The van der Waals surface area contributed by atoms with E-state index in [1.165, 1.54) is 0 Å². The molecule has 5 rings (SSSR count). The topological polar surface area (TPSA) is 129 Å². The van der Waals surface area contributed by atoms with Gasteiger partial charge in [0.15, 0.2) is 17.3 Å². The summed E-state index contributed by atoms with van der Waals surface area (Å²) in [6.07, 6.45) is 2.78. The van der Waals surface area contributed by atoms with Crippen LogP contribution in [0.25, 0.3) is 27.8 Å². The Morgan fingerprint density at radius 1 is 1.05 bits per heavy atom. The standard InChI is InChI=1S/C27H23ClN4O6/c1-36-23-11-18-20(12-24(23)37-2)30-27(31-26(18)29-13-16-4-3-9-38-16)32-14-19(22(33)7-8-25(34)35)17-10-15(28)5-6-21(17)32/h3-6,9-12,14H,7-8,13H2,1-2H3,(H,34,35)(H,29,30,31). The fraction of sp³-hybridized carbons (Fsp3) is 0.185. The maximum Gasteiger partial charge on any atom is 0.303 e. The highest BCUT2D eigenvalue weighted by Gasteiger charge is 2.20. The number of carbonyl (C=O) groups is 2. The molecule has 0 bridgehead atoms. The molecule has 11 heteroatoms. The zero-order valence-corrected chi connectivity index (χ0v) is 21.3. The number of nitrogens with one attached hydrogen (secondary N) is 1. The maximum atomic E-state index is 13.0. The Hall–Kier alpha value is -4.57. The summed E-state index contributed by atoms with van der Waals surface area (Å²) >= 11 is 6.24. The van der Waals surface area contributed by atoms with E-state index in [-0.39, 0.29) is 24.6 Å². The van der Waals surface area contributed by atoms with E-state index in [1.807, 2.05) is 6.07 Å². The molecule has 0 radical (unpaired) electrons. The Kier molecular flexibility index (Phi) is 6.89. The van der Waals surface area contributed by atoms with Crippen molar-refractivity contribution in [3.63, 3.8) is 0 Å². The smallest absolute Gasteiger partial charge is 0.303 e. The molecule has 2 aromatic carbocycles. The Morgan fingerprint density at radius 3 is 2.55 bits per heavy atom. The summed E-state index contributed by atoms with van der Waals surface area (Å²) in [6, 6.07) is 12.3. The molecule has 0 atom stereocenters. The molecule has 2 N–H and O–H groups in total. The highest BCUT2D eigenvalue weighted by atomic mass is 35.5. The van der Waals surface area contributed by atoms with Crippen molar-refractivity contribution in [2.75, 3.05) is 19.5 Å². The van der Waals surface area contributed by atoms with Gasteiger partial charge in [-0.1, -0.05) is 11.6 Å². The molecule has 0 unspecified atom stereocenters. The number of carboxylic acids is 1. The lowest BCUT2D eigenvalue weighted by atomic mass is 10.1. The zero-order chi connectivity index (χ0) is 26.8. The molecular weight excluding hydrogens is 512 g/mol. The largest absolute Gasteiger partial charge is 0.493 e. The first-order chi connectivity index (χ1) is 18.4. The lowest BCUT2D eigenvalue weighted by Crippen LogP contribution is -2.07. The SMILES string of the molecule is COc1cc2nc(-n3cc(C(=O)CCC(=O)O)c4cc(Cl)ccc43)nc(NCc3ccco3)c2cc1OC. The van der Waals surface area contributed by atoms with Crippen molar-refractivity contribution >= 4 is 51.0 Å². The van der Waals surface area contributed by atoms with Crippen molar-refractivity contribution < 1.29 is 28.6 Å². The van der Waals surface area contributed by atoms with Gasteiger partial charge in [-0.3, -0.25) is 14.2 Å². The Balaban J connectivity index is 1.68. The van der Waals surface area contributed by atoms with E-state index in [0.717, 1.165) is 0 Å². The highest BCUT2D eigenvalue weighted by molar-refractivity contribution is 6.31.